The minimum Gasteiger partial charge on any atom is -0.347 e. The van der Waals surface area contributed by atoms with E-state index in [0.29, 0.717) is 5.03 Å². The summed E-state index contributed by atoms with van der Waals surface area (Å²) in [5, 5.41) is 2.76. The zero-order chi connectivity index (χ0) is 10.6. The normalized spacial score (nSPS) is 9.57. The van der Waals surface area contributed by atoms with E-state index in [9.17, 15) is 9.18 Å². The lowest BCUT2D eigenvalue weighted by Crippen LogP contribution is -2.24. The summed E-state index contributed by atoms with van der Waals surface area (Å²) in [6.07, 6.45) is 2.30. The Morgan fingerprint density at radius 3 is 2.93 bits per heavy atom. The van der Waals surface area contributed by atoms with E-state index in [1.807, 2.05) is 0 Å². The van der Waals surface area contributed by atoms with E-state index in [1.54, 1.807) is 0 Å². The Morgan fingerprint density at radius 2 is 2.36 bits per heavy atom. The number of nitrogens with zero attached hydrogens (tertiary/aromatic N) is 1. The number of rotatable bonds is 3. The van der Waals surface area contributed by atoms with Crippen molar-refractivity contribution in [2.24, 2.45) is 0 Å². The minimum absolute atomic E-state index is 0.150. The van der Waals surface area contributed by atoms with E-state index in [-0.39, 0.29) is 12.1 Å². The lowest BCUT2D eigenvalue weighted by atomic mass is 10.2. The van der Waals surface area contributed by atoms with Crippen molar-refractivity contribution in [2.45, 2.75) is 0 Å². The van der Waals surface area contributed by atoms with Crippen LogP contribution in [0.2, 0.25) is 0 Å². The molecule has 1 heterocycles. The topological polar surface area (TPSA) is 42.0 Å². The first kappa shape index (κ1) is 10.7. The first-order chi connectivity index (χ1) is 6.59. The van der Waals surface area contributed by atoms with Crippen LogP contribution in [-0.4, -0.2) is 17.4 Å². The van der Waals surface area contributed by atoms with Gasteiger partial charge in [-0.15, -0.1) is 0 Å². The quantitative estimate of drug-likeness (QED) is 0.832. The van der Waals surface area contributed by atoms with E-state index >= 15 is 0 Å². The number of halogens is 2. The van der Waals surface area contributed by atoms with Gasteiger partial charge in [-0.3, -0.25) is 9.78 Å². The van der Waals surface area contributed by atoms with Crippen molar-refractivity contribution in [3.05, 3.63) is 41.5 Å². The molecule has 0 fully saturated rings. The lowest BCUT2D eigenvalue weighted by Gasteiger charge is -2.02. The van der Waals surface area contributed by atoms with Crippen LogP contribution in [0.25, 0.3) is 0 Å². The first-order valence-corrected chi connectivity index (χ1v) is 4.19. The molecule has 0 bridgehead atoms. The van der Waals surface area contributed by atoms with Crippen molar-refractivity contribution in [1.29, 1.82) is 0 Å². The van der Waals surface area contributed by atoms with Crippen LogP contribution >= 0.6 is 11.6 Å². The number of hydrogen-bond acceptors (Lipinski definition) is 2. The molecule has 0 aliphatic heterocycles. The van der Waals surface area contributed by atoms with E-state index in [4.69, 9.17) is 11.6 Å². The third kappa shape index (κ3) is 3.14. The molecule has 0 atom stereocenters. The summed E-state index contributed by atoms with van der Waals surface area (Å²) in [5.41, 5.74) is 0.155. The van der Waals surface area contributed by atoms with Gasteiger partial charge in [0.2, 0.25) is 0 Å². The number of hydrogen-bond donors (Lipinski definition) is 1. The maximum atomic E-state index is 12.6. The second-order valence-corrected chi connectivity index (χ2v) is 3.13. The number of carbonyl (C=O) groups is 1. The third-order valence-corrected chi connectivity index (χ3v) is 1.54. The molecule has 0 saturated carbocycles. The number of pyridine rings is 1. The molecule has 0 saturated heterocycles. The number of nitrogens with one attached hydrogen (secondary N) is 1. The fourth-order valence-corrected chi connectivity index (χ4v) is 0.881. The number of carbonyl (C=O) groups excluding carboxylic acids is 1. The van der Waals surface area contributed by atoms with Gasteiger partial charge in [-0.2, -0.15) is 0 Å². The molecule has 14 heavy (non-hydrogen) atoms. The standard InChI is InChI=1S/C9H8ClFN2O/c1-6(10)3-13-9(14)7-2-8(11)5-12-4-7/h2,4-5H,1,3H2,(H,13,14). The molecule has 1 rings (SSSR count). The molecule has 5 heteroatoms. The summed E-state index contributed by atoms with van der Waals surface area (Å²) < 4.78 is 12.6. The number of aromatic nitrogens is 1. The zero-order valence-corrected chi connectivity index (χ0v) is 8.01. The summed E-state index contributed by atoms with van der Waals surface area (Å²) in [7, 11) is 0. The maximum absolute atomic E-state index is 12.6. The monoisotopic (exact) mass is 214 g/mol. The molecule has 1 N–H and O–H groups in total. The van der Waals surface area contributed by atoms with Crippen molar-refractivity contribution in [1.82, 2.24) is 10.3 Å². The number of amides is 1. The predicted octanol–water partition coefficient (Wildman–Crippen LogP) is 1.70. The Kier molecular flexibility index (Phi) is 3.59. The largest absolute Gasteiger partial charge is 0.347 e. The van der Waals surface area contributed by atoms with Gasteiger partial charge in [0, 0.05) is 11.2 Å². The van der Waals surface area contributed by atoms with Gasteiger partial charge in [0.05, 0.1) is 18.3 Å². The van der Waals surface area contributed by atoms with Gasteiger partial charge in [0.1, 0.15) is 5.82 Å². The molecular weight excluding hydrogens is 207 g/mol. The molecule has 0 aliphatic rings. The van der Waals surface area contributed by atoms with Crippen molar-refractivity contribution < 1.29 is 9.18 Å². The summed E-state index contributed by atoms with van der Waals surface area (Å²) in [4.78, 5) is 14.8. The molecule has 0 unspecified atom stereocenters. The summed E-state index contributed by atoms with van der Waals surface area (Å²) in [5.74, 6) is -0.985. The van der Waals surface area contributed by atoms with Crippen LogP contribution in [0.3, 0.4) is 0 Å². The highest BCUT2D eigenvalue weighted by Gasteiger charge is 2.06. The van der Waals surface area contributed by atoms with Crippen LogP contribution in [0.5, 0.6) is 0 Å². The Morgan fingerprint density at radius 1 is 1.64 bits per heavy atom. The molecule has 0 radical (unpaired) electrons. The van der Waals surface area contributed by atoms with E-state index < -0.39 is 11.7 Å². The van der Waals surface area contributed by atoms with Crippen molar-refractivity contribution in [3.8, 4) is 0 Å². The Hall–Kier alpha value is -1.42. The van der Waals surface area contributed by atoms with Gasteiger partial charge in [-0.25, -0.2) is 4.39 Å². The SMILES string of the molecule is C=C(Cl)CNC(=O)c1cncc(F)c1. The average molecular weight is 215 g/mol. The molecule has 0 spiro atoms. The van der Waals surface area contributed by atoms with Gasteiger partial charge in [-0.1, -0.05) is 18.2 Å². The van der Waals surface area contributed by atoms with Crippen molar-refractivity contribution >= 4 is 17.5 Å². The van der Waals surface area contributed by atoms with Crippen molar-refractivity contribution in [3.63, 3.8) is 0 Å². The fraction of sp³-hybridized carbons (Fsp3) is 0.111. The average Bonchev–Trinajstić information content (AvgIpc) is 2.14. The van der Waals surface area contributed by atoms with Crippen LogP contribution in [0, 0.1) is 5.82 Å². The van der Waals surface area contributed by atoms with E-state index in [1.165, 1.54) is 6.20 Å². The molecule has 0 aliphatic carbocycles. The second-order valence-electron chi connectivity index (χ2n) is 2.59. The lowest BCUT2D eigenvalue weighted by molar-refractivity contribution is 0.0957. The smallest absolute Gasteiger partial charge is 0.253 e. The third-order valence-electron chi connectivity index (χ3n) is 1.41. The van der Waals surface area contributed by atoms with Crippen LogP contribution in [0.15, 0.2) is 30.1 Å². The first-order valence-electron chi connectivity index (χ1n) is 3.81. The van der Waals surface area contributed by atoms with E-state index in [2.05, 4.69) is 16.9 Å². The highest BCUT2D eigenvalue weighted by Crippen LogP contribution is 2.01. The van der Waals surface area contributed by atoms with Gasteiger partial charge in [0.15, 0.2) is 0 Å². The summed E-state index contributed by atoms with van der Waals surface area (Å²) in [6, 6.07) is 1.10. The molecule has 0 aromatic carbocycles. The Labute approximate surface area is 85.6 Å². The van der Waals surface area contributed by atoms with Crippen LogP contribution in [0.4, 0.5) is 4.39 Å². The van der Waals surface area contributed by atoms with Gasteiger partial charge in [0.25, 0.3) is 5.91 Å². The van der Waals surface area contributed by atoms with Crippen LogP contribution < -0.4 is 5.32 Å². The van der Waals surface area contributed by atoms with Gasteiger partial charge < -0.3 is 5.32 Å². The Bertz CT molecular complexity index is 368. The predicted molar refractivity (Wildman–Crippen MR) is 51.5 cm³/mol. The molecule has 1 aromatic heterocycles. The molecule has 1 amide bonds. The molecular formula is C9H8ClFN2O. The summed E-state index contributed by atoms with van der Waals surface area (Å²) >= 11 is 5.44. The molecule has 74 valence electrons. The summed E-state index contributed by atoms with van der Waals surface area (Å²) in [6.45, 7) is 3.55. The zero-order valence-electron chi connectivity index (χ0n) is 7.26. The minimum atomic E-state index is -0.553. The highest BCUT2D eigenvalue weighted by molar-refractivity contribution is 6.29. The van der Waals surface area contributed by atoms with Gasteiger partial charge >= 0.3 is 0 Å². The van der Waals surface area contributed by atoms with E-state index in [0.717, 1.165) is 12.3 Å². The highest BCUT2D eigenvalue weighted by atomic mass is 35.5. The Balaban J connectivity index is 2.65. The molecule has 3 nitrogen and oxygen atoms in total. The van der Waals surface area contributed by atoms with Crippen LogP contribution in [0.1, 0.15) is 10.4 Å². The fourth-order valence-electron chi connectivity index (χ4n) is 0.814. The maximum Gasteiger partial charge on any atom is 0.253 e. The van der Waals surface area contributed by atoms with Crippen molar-refractivity contribution in [2.75, 3.05) is 6.54 Å². The van der Waals surface area contributed by atoms with Crippen LogP contribution in [-0.2, 0) is 0 Å². The second kappa shape index (κ2) is 4.72. The van der Waals surface area contributed by atoms with Gasteiger partial charge in [-0.05, 0) is 6.07 Å². The molecule has 1 aromatic rings.